The van der Waals surface area contributed by atoms with Gasteiger partial charge in [-0.2, -0.15) is 0 Å². The van der Waals surface area contributed by atoms with Crippen molar-refractivity contribution in [3.8, 4) is 5.75 Å². The molecule has 1 unspecified atom stereocenters. The lowest BCUT2D eigenvalue weighted by Gasteiger charge is -2.19. The van der Waals surface area contributed by atoms with Crippen LogP contribution in [0.2, 0.25) is 0 Å². The molecular weight excluding hydrogens is 336 g/mol. The number of carbonyl (C=O) groups is 3. The van der Waals surface area contributed by atoms with Gasteiger partial charge in [-0.15, -0.1) is 0 Å². The first-order chi connectivity index (χ1) is 12.5. The maximum Gasteiger partial charge on any atom is 0.335 e. The van der Waals surface area contributed by atoms with E-state index in [1.807, 2.05) is 12.1 Å². The van der Waals surface area contributed by atoms with E-state index in [0.717, 1.165) is 0 Å². The summed E-state index contributed by atoms with van der Waals surface area (Å²) in [5.41, 5.74) is 1.27. The van der Waals surface area contributed by atoms with Crippen molar-refractivity contribution in [3.63, 3.8) is 0 Å². The Morgan fingerprint density at radius 2 is 1.85 bits per heavy atom. The number of carboxylic acids is 1. The van der Waals surface area contributed by atoms with Crippen LogP contribution in [0.15, 0.2) is 48.5 Å². The summed E-state index contributed by atoms with van der Waals surface area (Å²) in [5, 5.41) is 11.6. The lowest BCUT2D eigenvalue weighted by Crippen LogP contribution is -2.28. The smallest absolute Gasteiger partial charge is 0.335 e. The molecule has 26 heavy (non-hydrogen) atoms. The zero-order valence-electron chi connectivity index (χ0n) is 14.1. The Kier molecular flexibility index (Phi) is 4.88. The van der Waals surface area contributed by atoms with E-state index in [-0.39, 0.29) is 30.3 Å². The van der Waals surface area contributed by atoms with Crippen LogP contribution in [0, 0.1) is 5.92 Å². The third kappa shape index (κ3) is 3.51. The number of anilines is 2. The number of methoxy groups -OCH3 is 1. The van der Waals surface area contributed by atoms with Crippen molar-refractivity contribution < 1.29 is 24.2 Å². The minimum atomic E-state index is -1.03. The van der Waals surface area contributed by atoms with Gasteiger partial charge in [-0.25, -0.2) is 4.79 Å². The average Bonchev–Trinajstić information content (AvgIpc) is 3.04. The quantitative estimate of drug-likeness (QED) is 0.859. The van der Waals surface area contributed by atoms with E-state index in [4.69, 9.17) is 9.84 Å². The number of nitrogens with one attached hydrogen (secondary N) is 1. The molecule has 2 aromatic carbocycles. The molecule has 2 amide bonds. The maximum atomic E-state index is 12.5. The van der Waals surface area contributed by atoms with Crippen LogP contribution in [-0.2, 0) is 9.59 Å². The maximum absolute atomic E-state index is 12.5. The molecule has 1 aliphatic heterocycles. The SMILES string of the molecule is COc1ccccc1N1CC(C(=O)Nc2ccc(C(=O)O)cc2)CC1=O. The molecule has 7 nitrogen and oxygen atoms in total. The summed E-state index contributed by atoms with van der Waals surface area (Å²) in [7, 11) is 1.53. The largest absolute Gasteiger partial charge is 0.495 e. The van der Waals surface area contributed by atoms with Crippen LogP contribution in [0.25, 0.3) is 0 Å². The molecule has 2 aromatic rings. The first-order valence-corrected chi connectivity index (χ1v) is 8.07. The lowest BCUT2D eigenvalue weighted by atomic mass is 10.1. The Bertz CT molecular complexity index is 847. The molecule has 0 bridgehead atoms. The van der Waals surface area contributed by atoms with Crippen LogP contribution in [0.5, 0.6) is 5.75 Å². The molecule has 0 radical (unpaired) electrons. The molecule has 1 fully saturated rings. The summed E-state index contributed by atoms with van der Waals surface area (Å²) >= 11 is 0. The van der Waals surface area contributed by atoms with Crippen molar-refractivity contribution >= 4 is 29.2 Å². The fraction of sp³-hybridized carbons (Fsp3) is 0.211. The van der Waals surface area contributed by atoms with Crippen molar-refractivity contribution in [2.75, 3.05) is 23.9 Å². The monoisotopic (exact) mass is 354 g/mol. The number of aromatic carboxylic acids is 1. The molecule has 1 atom stereocenters. The van der Waals surface area contributed by atoms with Gasteiger partial charge in [0.1, 0.15) is 5.75 Å². The van der Waals surface area contributed by atoms with Crippen LogP contribution in [0.1, 0.15) is 16.8 Å². The van der Waals surface area contributed by atoms with E-state index < -0.39 is 11.9 Å². The summed E-state index contributed by atoms with van der Waals surface area (Å²) in [6.07, 6.45) is 0.108. The molecule has 0 aliphatic carbocycles. The number of nitrogens with zero attached hydrogens (tertiary/aromatic N) is 1. The summed E-state index contributed by atoms with van der Waals surface area (Å²) < 4.78 is 5.29. The number of carbonyl (C=O) groups excluding carboxylic acids is 2. The highest BCUT2D eigenvalue weighted by Gasteiger charge is 2.36. The van der Waals surface area contributed by atoms with Gasteiger partial charge < -0.3 is 20.1 Å². The highest BCUT2D eigenvalue weighted by molar-refractivity contribution is 6.04. The second-order valence-electron chi connectivity index (χ2n) is 5.95. The lowest BCUT2D eigenvalue weighted by molar-refractivity contribution is -0.122. The zero-order valence-corrected chi connectivity index (χ0v) is 14.1. The van der Waals surface area contributed by atoms with Gasteiger partial charge in [-0.05, 0) is 36.4 Å². The molecule has 1 aliphatic rings. The Hall–Kier alpha value is -3.35. The number of hydrogen-bond acceptors (Lipinski definition) is 4. The van der Waals surface area contributed by atoms with Crippen molar-refractivity contribution in [1.29, 1.82) is 0 Å². The predicted molar refractivity (Wildman–Crippen MR) is 95.5 cm³/mol. The molecule has 0 spiro atoms. The molecule has 3 rings (SSSR count). The van der Waals surface area contributed by atoms with Crippen LogP contribution in [-0.4, -0.2) is 36.5 Å². The topological polar surface area (TPSA) is 95.9 Å². The summed E-state index contributed by atoms with van der Waals surface area (Å²) in [6, 6.07) is 13.0. The van der Waals surface area contributed by atoms with Gasteiger partial charge in [0.25, 0.3) is 0 Å². The Morgan fingerprint density at radius 3 is 2.50 bits per heavy atom. The molecular formula is C19H18N2O5. The van der Waals surface area contributed by atoms with E-state index in [2.05, 4.69) is 5.32 Å². The summed E-state index contributed by atoms with van der Waals surface area (Å²) in [4.78, 5) is 37.2. The predicted octanol–water partition coefficient (Wildman–Crippen LogP) is 2.39. The summed E-state index contributed by atoms with van der Waals surface area (Å²) in [6.45, 7) is 0.262. The number of hydrogen-bond donors (Lipinski definition) is 2. The normalized spacial score (nSPS) is 16.4. The Labute approximate surface area is 150 Å². The van der Waals surface area contributed by atoms with E-state index in [1.54, 1.807) is 17.0 Å². The van der Waals surface area contributed by atoms with E-state index >= 15 is 0 Å². The highest BCUT2D eigenvalue weighted by Crippen LogP contribution is 2.33. The van der Waals surface area contributed by atoms with Crippen molar-refractivity contribution in [1.82, 2.24) is 0 Å². The van der Waals surface area contributed by atoms with Crippen molar-refractivity contribution in [3.05, 3.63) is 54.1 Å². The first-order valence-electron chi connectivity index (χ1n) is 8.07. The van der Waals surface area contributed by atoms with Gasteiger partial charge in [0.05, 0.1) is 24.3 Å². The second kappa shape index (κ2) is 7.26. The Morgan fingerprint density at radius 1 is 1.15 bits per heavy atom. The van der Waals surface area contributed by atoms with E-state index in [1.165, 1.54) is 31.4 Å². The van der Waals surface area contributed by atoms with Gasteiger partial charge >= 0.3 is 5.97 Å². The Balaban J connectivity index is 1.70. The van der Waals surface area contributed by atoms with Crippen molar-refractivity contribution in [2.24, 2.45) is 5.92 Å². The second-order valence-corrected chi connectivity index (χ2v) is 5.95. The van der Waals surface area contributed by atoms with Crippen LogP contribution >= 0.6 is 0 Å². The number of carboxylic acid groups (broad SMARTS) is 1. The van der Waals surface area contributed by atoms with Gasteiger partial charge in [-0.3, -0.25) is 9.59 Å². The minimum Gasteiger partial charge on any atom is -0.495 e. The molecule has 7 heteroatoms. The number of rotatable bonds is 5. The molecule has 2 N–H and O–H groups in total. The molecule has 0 aromatic heterocycles. The summed E-state index contributed by atoms with van der Waals surface area (Å²) in [5.74, 6) is -1.37. The highest BCUT2D eigenvalue weighted by atomic mass is 16.5. The molecule has 1 heterocycles. The third-order valence-electron chi connectivity index (χ3n) is 4.27. The third-order valence-corrected chi connectivity index (χ3v) is 4.27. The zero-order chi connectivity index (χ0) is 18.7. The number of para-hydroxylation sites is 2. The molecule has 1 saturated heterocycles. The van der Waals surface area contributed by atoms with Gasteiger partial charge in [0.2, 0.25) is 11.8 Å². The van der Waals surface area contributed by atoms with Crippen LogP contribution < -0.4 is 15.0 Å². The van der Waals surface area contributed by atoms with Gasteiger partial charge in [-0.1, -0.05) is 12.1 Å². The molecule has 134 valence electrons. The standard InChI is InChI=1S/C19H18N2O5/c1-26-16-5-3-2-4-15(16)21-11-13(10-17(21)22)18(23)20-14-8-6-12(7-9-14)19(24)25/h2-9,13H,10-11H2,1H3,(H,20,23)(H,24,25). The first kappa shape index (κ1) is 17.5. The average molecular weight is 354 g/mol. The van der Waals surface area contributed by atoms with Crippen LogP contribution in [0.3, 0.4) is 0 Å². The number of benzene rings is 2. The number of amides is 2. The van der Waals surface area contributed by atoms with Gasteiger partial charge in [0.15, 0.2) is 0 Å². The fourth-order valence-corrected chi connectivity index (χ4v) is 2.91. The van der Waals surface area contributed by atoms with Crippen molar-refractivity contribution in [2.45, 2.75) is 6.42 Å². The van der Waals surface area contributed by atoms with Gasteiger partial charge in [0, 0.05) is 18.7 Å². The number of ether oxygens (including phenoxy) is 1. The van der Waals surface area contributed by atoms with E-state index in [9.17, 15) is 14.4 Å². The van der Waals surface area contributed by atoms with E-state index in [0.29, 0.717) is 17.1 Å². The minimum absolute atomic E-state index is 0.108. The van der Waals surface area contributed by atoms with Crippen LogP contribution in [0.4, 0.5) is 11.4 Å². The fourth-order valence-electron chi connectivity index (χ4n) is 2.91. The molecule has 0 saturated carbocycles.